The Morgan fingerprint density at radius 2 is 1.87 bits per heavy atom. The van der Waals surface area contributed by atoms with E-state index in [-0.39, 0.29) is 5.91 Å². The Bertz CT molecular complexity index is 1150. The van der Waals surface area contributed by atoms with E-state index >= 15 is 0 Å². The highest BCUT2D eigenvalue weighted by Crippen LogP contribution is 2.14. The summed E-state index contributed by atoms with van der Waals surface area (Å²) in [6.45, 7) is 3.97. The van der Waals surface area contributed by atoms with E-state index in [1.807, 2.05) is 43.3 Å². The van der Waals surface area contributed by atoms with Gasteiger partial charge in [0.1, 0.15) is 12.4 Å². The molecule has 0 spiro atoms. The average molecular weight is 410 g/mol. The number of hydrogen-bond acceptors (Lipinski definition) is 5. The number of carbonyl (C=O) groups is 1. The highest BCUT2D eigenvalue weighted by Gasteiger charge is 2.11. The SMILES string of the molecule is CCn1c(=O)c(=O)[nH]c2cc(C(=O)NCc3ccc(OCCN(C)C)cc3)ccc21. The van der Waals surface area contributed by atoms with Crippen LogP contribution in [0.4, 0.5) is 0 Å². The molecule has 0 fully saturated rings. The second-order valence-corrected chi connectivity index (χ2v) is 7.21. The average Bonchev–Trinajstić information content (AvgIpc) is 2.73. The van der Waals surface area contributed by atoms with Crippen LogP contribution in [-0.4, -0.2) is 47.6 Å². The number of aromatic amines is 1. The van der Waals surface area contributed by atoms with E-state index in [0.717, 1.165) is 17.9 Å². The van der Waals surface area contributed by atoms with Gasteiger partial charge in [0, 0.05) is 25.2 Å². The predicted molar refractivity (Wildman–Crippen MR) is 116 cm³/mol. The molecule has 30 heavy (non-hydrogen) atoms. The van der Waals surface area contributed by atoms with Crippen molar-refractivity contribution in [1.82, 2.24) is 19.8 Å². The molecule has 1 aromatic heterocycles. The number of nitrogens with zero attached hydrogens (tertiary/aromatic N) is 2. The molecule has 0 saturated heterocycles. The van der Waals surface area contributed by atoms with Crippen molar-refractivity contribution in [2.75, 3.05) is 27.2 Å². The number of fused-ring (bicyclic) bond motifs is 1. The molecule has 0 radical (unpaired) electrons. The number of rotatable bonds is 8. The van der Waals surface area contributed by atoms with Gasteiger partial charge in [-0.3, -0.25) is 14.4 Å². The van der Waals surface area contributed by atoms with E-state index in [1.165, 1.54) is 4.57 Å². The van der Waals surface area contributed by atoms with E-state index in [4.69, 9.17) is 4.74 Å². The van der Waals surface area contributed by atoms with Gasteiger partial charge >= 0.3 is 11.1 Å². The van der Waals surface area contributed by atoms with Crippen molar-refractivity contribution < 1.29 is 9.53 Å². The number of ether oxygens (including phenoxy) is 1. The van der Waals surface area contributed by atoms with Crippen molar-refractivity contribution >= 4 is 16.9 Å². The number of aromatic nitrogens is 2. The van der Waals surface area contributed by atoms with Gasteiger partial charge in [-0.05, 0) is 56.9 Å². The zero-order valence-corrected chi connectivity index (χ0v) is 17.4. The second kappa shape index (κ2) is 9.41. The standard InChI is InChI=1S/C22H26N4O4/c1-4-26-19-10-7-16(13-18(19)24-21(28)22(26)29)20(27)23-14-15-5-8-17(9-6-15)30-12-11-25(2)3/h5-10,13H,4,11-12,14H2,1-3H3,(H,23,27)(H,24,28). The van der Waals surface area contributed by atoms with Gasteiger partial charge in [0.2, 0.25) is 0 Å². The van der Waals surface area contributed by atoms with Crippen LogP contribution in [0.1, 0.15) is 22.8 Å². The van der Waals surface area contributed by atoms with Crippen molar-refractivity contribution in [3.05, 3.63) is 74.3 Å². The van der Waals surface area contributed by atoms with Crippen LogP contribution in [0, 0.1) is 0 Å². The first-order valence-electron chi connectivity index (χ1n) is 9.80. The van der Waals surface area contributed by atoms with Crippen LogP contribution >= 0.6 is 0 Å². The fourth-order valence-electron chi connectivity index (χ4n) is 3.07. The molecule has 0 bridgehead atoms. The number of H-pyrrole nitrogens is 1. The Kier molecular flexibility index (Phi) is 6.68. The predicted octanol–water partition coefficient (Wildman–Crippen LogP) is 1.58. The Hall–Kier alpha value is -3.39. The number of likely N-dealkylation sites (N-methyl/N-ethyl adjacent to an activating group) is 1. The molecule has 0 aliphatic carbocycles. The molecule has 0 aliphatic rings. The summed E-state index contributed by atoms with van der Waals surface area (Å²) in [7, 11) is 3.98. The number of aryl methyl sites for hydroxylation is 1. The molecule has 0 atom stereocenters. The Morgan fingerprint density at radius 3 is 2.53 bits per heavy atom. The maximum atomic E-state index is 12.5. The summed E-state index contributed by atoms with van der Waals surface area (Å²) < 4.78 is 7.05. The number of carbonyl (C=O) groups excluding carboxylic acids is 1. The van der Waals surface area contributed by atoms with Crippen LogP contribution < -0.4 is 21.2 Å². The van der Waals surface area contributed by atoms with Crippen LogP contribution in [0.5, 0.6) is 5.75 Å². The smallest absolute Gasteiger partial charge is 0.316 e. The fraction of sp³-hybridized carbons (Fsp3) is 0.318. The minimum atomic E-state index is -0.699. The van der Waals surface area contributed by atoms with Crippen LogP contribution in [0.3, 0.4) is 0 Å². The molecule has 0 saturated carbocycles. The van der Waals surface area contributed by atoms with Crippen LogP contribution in [0.25, 0.3) is 11.0 Å². The number of nitrogens with one attached hydrogen (secondary N) is 2. The zero-order chi connectivity index (χ0) is 21.7. The lowest BCUT2D eigenvalue weighted by Crippen LogP contribution is -2.36. The summed E-state index contributed by atoms with van der Waals surface area (Å²) in [5.74, 6) is 0.519. The Morgan fingerprint density at radius 1 is 1.13 bits per heavy atom. The first-order valence-corrected chi connectivity index (χ1v) is 9.80. The van der Waals surface area contributed by atoms with Crippen molar-refractivity contribution in [3.63, 3.8) is 0 Å². The van der Waals surface area contributed by atoms with Gasteiger partial charge in [0.25, 0.3) is 5.91 Å². The summed E-state index contributed by atoms with van der Waals surface area (Å²) >= 11 is 0. The van der Waals surface area contributed by atoms with Crippen LogP contribution in [0.15, 0.2) is 52.1 Å². The normalized spacial score (nSPS) is 11.1. The topological polar surface area (TPSA) is 96.4 Å². The van der Waals surface area contributed by atoms with E-state index < -0.39 is 11.1 Å². The summed E-state index contributed by atoms with van der Waals surface area (Å²) in [6.07, 6.45) is 0. The molecule has 1 amide bonds. The highest BCUT2D eigenvalue weighted by molar-refractivity contribution is 5.97. The minimum absolute atomic E-state index is 0.265. The van der Waals surface area contributed by atoms with Gasteiger partial charge in [0.15, 0.2) is 0 Å². The lowest BCUT2D eigenvalue weighted by Gasteiger charge is -2.12. The maximum Gasteiger partial charge on any atom is 0.316 e. The molecule has 2 N–H and O–H groups in total. The number of amides is 1. The summed E-state index contributed by atoms with van der Waals surface area (Å²) in [5, 5.41) is 2.87. The van der Waals surface area contributed by atoms with Crippen LogP contribution in [0.2, 0.25) is 0 Å². The van der Waals surface area contributed by atoms with Gasteiger partial charge in [-0.25, -0.2) is 0 Å². The lowest BCUT2D eigenvalue weighted by atomic mass is 10.1. The summed E-state index contributed by atoms with van der Waals surface area (Å²) in [4.78, 5) is 40.9. The van der Waals surface area contributed by atoms with Crippen molar-refractivity contribution in [2.45, 2.75) is 20.0 Å². The third-order valence-corrected chi connectivity index (χ3v) is 4.74. The second-order valence-electron chi connectivity index (χ2n) is 7.21. The molecule has 3 rings (SSSR count). The van der Waals surface area contributed by atoms with Gasteiger partial charge < -0.3 is 24.5 Å². The van der Waals surface area contributed by atoms with Crippen molar-refractivity contribution in [2.24, 2.45) is 0 Å². The summed E-state index contributed by atoms with van der Waals surface area (Å²) in [6, 6.07) is 12.5. The van der Waals surface area contributed by atoms with E-state index in [9.17, 15) is 14.4 Å². The molecule has 1 heterocycles. The molecule has 158 valence electrons. The molecule has 2 aromatic carbocycles. The highest BCUT2D eigenvalue weighted by atomic mass is 16.5. The van der Waals surface area contributed by atoms with Gasteiger partial charge in [-0.15, -0.1) is 0 Å². The molecule has 0 unspecified atom stereocenters. The van der Waals surface area contributed by atoms with E-state index in [0.29, 0.717) is 36.3 Å². The number of benzene rings is 2. The van der Waals surface area contributed by atoms with Crippen molar-refractivity contribution in [1.29, 1.82) is 0 Å². The lowest BCUT2D eigenvalue weighted by molar-refractivity contribution is 0.0951. The third kappa shape index (κ3) is 4.96. The van der Waals surface area contributed by atoms with Gasteiger partial charge in [-0.2, -0.15) is 0 Å². The largest absolute Gasteiger partial charge is 0.492 e. The fourth-order valence-corrected chi connectivity index (χ4v) is 3.07. The summed E-state index contributed by atoms with van der Waals surface area (Å²) in [5.41, 5.74) is 1.09. The van der Waals surface area contributed by atoms with Crippen LogP contribution in [-0.2, 0) is 13.1 Å². The molecular weight excluding hydrogens is 384 g/mol. The first-order chi connectivity index (χ1) is 14.4. The quantitative estimate of drug-likeness (QED) is 0.550. The van der Waals surface area contributed by atoms with Gasteiger partial charge in [-0.1, -0.05) is 12.1 Å². The molecule has 8 heteroatoms. The van der Waals surface area contributed by atoms with E-state index in [1.54, 1.807) is 25.1 Å². The maximum absolute atomic E-state index is 12.5. The molecule has 8 nitrogen and oxygen atoms in total. The molecular formula is C22H26N4O4. The monoisotopic (exact) mass is 410 g/mol. The number of hydrogen-bond donors (Lipinski definition) is 2. The minimum Gasteiger partial charge on any atom is -0.492 e. The van der Waals surface area contributed by atoms with Gasteiger partial charge in [0.05, 0.1) is 11.0 Å². The Balaban J connectivity index is 1.66. The Labute approximate surface area is 174 Å². The van der Waals surface area contributed by atoms with Crippen molar-refractivity contribution in [3.8, 4) is 5.75 Å². The molecule has 3 aromatic rings. The zero-order valence-electron chi connectivity index (χ0n) is 17.4. The molecule has 0 aliphatic heterocycles. The van der Waals surface area contributed by atoms with E-state index in [2.05, 4.69) is 10.3 Å². The first kappa shape index (κ1) is 21.3. The third-order valence-electron chi connectivity index (χ3n) is 4.74.